The number of hydrogen-bond acceptors (Lipinski definition) is 8. The Balaban J connectivity index is 1.89. The number of aliphatic imine (C=N–C) groups is 1. The summed E-state index contributed by atoms with van der Waals surface area (Å²) in [6.45, 7) is -0.957. The van der Waals surface area contributed by atoms with Crippen LogP contribution >= 0.6 is 22.9 Å². The van der Waals surface area contributed by atoms with Gasteiger partial charge in [-0.25, -0.2) is 26.6 Å². The molecule has 0 amide bonds. The standard InChI is InChI=1S/C21H22ClF3N4O4S2/c1-33-21(30)17-15-8-12(29(10-16(24)25)35(2,31)32)9-28(15)19(20-26-5-6-34-20)27-18(17)13-4-3-11(23)7-14(13)22/h3-7,12,16,18,21,30H,8-10H2,1-2H3/t12-,18-,21?/m0/s1. The quantitative estimate of drug-likeness (QED) is 0.507. The van der Waals surface area contributed by atoms with Crippen LogP contribution < -0.4 is 0 Å². The van der Waals surface area contributed by atoms with E-state index in [4.69, 9.17) is 21.3 Å². The van der Waals surface area contributed by atoms with Gasteiger partial charge in [0.05, 0.1) is 12.8 Å². The Morgan fingerprint density at radius 2 is 2.14 bits per heavy atom. The van der Waals surface area contributed by atoms with E-state index in [-0.39, 0.29) is 23.6 Å². The van der Waals surface area contributed by atoms with E-state index in [2.05, 4.69) is 4.98 Å². The van der Waals surface area contributed by atoms with Crippen molar-refractivity contribution in [3.63, 3.8) is 0 Å². The zero-order chi connectivity index (χ0) is 25.5. The number of alkyl halides is 2. The van der Waals surface area contributed by atoms with Crippen LogP contribution in [0.4, 0.5) is 13.2 Å². The summed E-state index contributed by atoms with van der Waals surface area (Å²) in [7, 11) is -2.71. The number of aliphatic hydroxyl groups excluding tert-OH is 1. The van der Waals surface area contributed by atoms with Gasteiger partial charge in [-0.05, 0) is 17.7 Å². The maximum Gasteiger partial charge on any atom is 0.252 e. The molecule has 1 aromatic heterocycles. The molecule has 190 valence electrons. The van der Waals surface area contributed by atoms with Gasteiger partial charge in [0.15, 0.2) is 17.1 Å². The van der Waals surface area contributed by atoms with Gasteiger partial charge in [-0.3, -0.25) is 4.99 Å². The molecule has 1 fully saturated rings. The molecule has 0 saturated carbocycles. The average molecular weight is 551 g/mol. The molecule has 0 aliphatic carbocycles. The van der Waals surface area contributed by atoms with Crippen molar-refractivity contribution < 1.29 is 31.4 Å². The molecule has 3 atom stereocenters. The molecule has 0 bridgehead atoms. The number of aliphatic hydroxyl groups is 1. The summed E-state index contributed by atoms with van der Waals surface area (Å²) in [4.78, 5) is 10.7. The van der Waals surface area contributed by atoms with Crippen LogP contribution in [0.1, 0.15) is 23.0 Å². The zero-order valence-corrected chi connectivity index (χ0v) is 21.0. The highest BCUT2D eigenvalue weighted by atomic mass is 35.5. The topological polar surface area (TPSA) is 95.3 Å². The molecule has 14 heteroatoms. The predicted octanol–water partition coefficient (Wildman–Crippen LogP) is 3.26. The molecular formula is C21H22ClF3N4O4S2. The van der Waals surface area contributed by atoms with Gasteiger partial charge in [-0.2, -0.15) is 4.31 Å². The normalized spacial score (nSPS) is 21.6. The fourth-order valence-electron chi connectivity index (χ4n) is 4.38. The average Bonchev–Trinajstić information content (AvgIpc) is 3.45. The first kappa shape index (κ1) is 26.0. The third-order valence-electron chi connectivity index (χ3n) is 5.80. The van der Waals surface area contributed by atoms with Gasteiger partial charge >= 0.3 is 0 Å². The number of aromatic nitrogens is 1. The van der Waals surface area contributed by atoms with Crippen LogP contribution in [0.5, 0.6) is 0 Å². The number of sulfonamides is 1. The van der Waals surface area contributed by atoms with Crippen molar-refractivity contribution in [1.82, 2.24) is 14.2 Å². The lowest BCUT2D eigenvalue weighted by Crippen LogP contribution is -2.44. The number of hydrogen-bond donors (Lipinski definition) is 1. The number of halogens is 4. The smallest absolute Gasteiger partial charge is 0.252 e. The summed E-state index contributed by atoms with van der Waals surface area (Å²) < 4.78 is 71.1. The lowest BCUT2D eigenvalue weighted by molar-refractivity contribution is -0.0500. The van der Waals surface area contributed by atoms with E-state index >= 15 is 0 Å². The summed E-state index contributed by atoms with van der Waals surface area (Å²) >= 11 is 7.61. The molecule has 2 aliphatic rings. The van der Waals surface area contributed by atoms with E-state index in [9.17, 15) is 26.7 Å². The molecule has 35 heavy (non-hydrogen) atoms. The number of amidine groups is 1. The van der Waals surface area contributed by atoms with Gasteiger partial charge in [0, 0.05) is 54.0 Å². The molecule has 1 unspecified atom stereocenters. The summed E-state index contributed by atoms with van der Waals surface area (Å²) in [6.07, 6.45) is -1.89. The van der Waals surface area contributed by atoms with Crippen LogP contribution in [0.15, 0.2) is 46.0 Å². The SMILES string of the molecule is COC(O)C1=C2C[C@H](N(CC(F)F)S(C)(=O)=O)CN2C(c2nccs2)=N[C@H]1c1ccc(F)cc1Cl. The fraction of sp³-hybridized carbons (Fsp3) is 0.429. The number of methoxy groups -OCH3 is 1. The fourth-order valence-corrected chi connectivity index (χ4v) is 6.36. The Morgan fingerprint density at radius 1 is 1.40 bits per heavy atom. The monoisotopic (exact) mass is 550 g/mol. The Bertz CT molecular complexity index is 1260. The molecule has 8 nitrogen and oxygen atoms in total. The molecule has 0 spiro atoms. The number of fused-ring (bicyclic) bond motifs is 1. The van der Waals surface area contributed by atoms with E-state index in [1.165, 1.54) is 30.6 Å². The number of ether oxygens (including phenoxy) is 1. The van der Waals surface area contributed by atoms with Gasteiger partial charge in [0.1, 0.15) is 11.9 Å². The number of benzene rings is 1. The minimum absolute atomic E-state index is 0.00918. The first-order valence-electron chi connectivity index (χ1n) is 10.4. The lowest BCUT2D eigenvalue weighted by Gasteiger charge is -2.34. The summed E-state index contributed by atoms with van der Waals surface area (Å²) in [5.41, 5.74) is 1.10. The van der Waals surface area contributed by atoms with E-state index < -0.39 is 47.2 Å². The van der Waals surface area contributed by atoms with Crippen LogP contribution in [0.3, 0.4) is 0 Å². The second-order valence-electron chi connectivity index (χ2n) is 8.04. The zero-order valence-electron chi connectivity index (χ0n) is 18.6. The van der Waals surface area contributed by atoms with Crippen LogP contribution in [0.25, 0.3) is 0 Å². The molecule has 1 N–H and O–H groups in total. The minimum Gasteiger partial charge on any atom is -0.364 e. The van der Waals surface area contributed by atoms with Gasteiger partial charge in [-0.1, -0.05) is 17.7 Å². The van der Waals surface area contributed by atoms with Crippen molar-refractivity contribution in [2.75, 3.05) is 26.5 Å². The van der Waals surface area contributed by atoms with Crippen molar-refractivity contribution in [2.45, 2.75) is 31.2 Å². The molecular weight excluding hydrogens is 529 g/mol. The Labute approximate surface area is 209 Å². The maximum atomic E-state index is 13.8. The van der Waals surface area contributed by atoms with Gasteiger partial charge in [0.2, 0.25) is 10.0 Å². The van der Waals surface area contributed by atoms with Crippen LogP contribution in [-0.4, -0.2) is 78.8 Å². The van der Waals surface area contributed by atoms with Crippen molar-refractivity contribution >= 4 is 38.8 Å². The molecule has 4 rings (SSSR count). The highest BCUT2D eigenvalue weighted by Crippen LogP contribution is 2.44. The van der Waals surface area contributed by atoms with Crippen LogP contribution in [0, 0.1) is 5.82 Å². The highest BCUT2D eigenvalue weighted by molar-refractivity contribution is 7.88. The van der Waals surface area contributed by atoms with E-state index in [0.29, 0.717) is 22.1 Å². The third-order valence-corrected chi connectivity index (χ3v) is 8.20. The number of nitrogens with zero attached hydrogens (tertiary/aromatic N) is 4. The minimum atomic E-state index is -3.98. The van der Waals surface area contributed by atoms with E-state index in [1.54, 1.807) is 16.5 Å². The van der Waals surface area contributed by atoms with E-state index in [1.807, 2.05) is 0 Å². The summed E-state index contributed by atoms with van der Waals surface area (Å²) in [5.74, 6) is -0.195. The molecule has 1 saturated heterocycles. The van der Waals surface area contributed by atoms with Gasteiger partial charge in [-0.15, -0.1) is 11.3 Å². The Kier molecular flexibility index (Phi) is 7.55. The maximum absolute atomic E-state index is 13.8. The van der Waals surface area contributed by atoms with Crippen molar-refractivity contribution in [3.8, 4) is 0 Å². The molecule has 2 aliphatic heterocycles. The second-order valence-corrected chi connectivity index (χ2v) is 11.3. The Hall–Kier alpha value is -2.03. The Morgan fingerprint density at radius 3 is 2.71 bits per heavy atom. The van der Waals surface area contributed by atoms with Gasteiger partial charge in [0.25, 0.3) is 6.43 Å². The molecule has 3 heterocycles. The van der Waals surface area contributed by atoms with Crippen LogP contribution in [-0.2, 0) is 14.8 Å². The summed E-state index contributed by atoms with van der Waals surface area (Å²) in [6, 6.07) is 1.99. The summed E-state index contributed by atoms with van der Waals surface area (Å²) in [5, 5.41) is 13.1. The first-order valence-corrected chi connectivity index (χ1v) is 13.5. The lowest BCUT2D eigenvalue weighted by atomic mass is 9.94. The first-order chi connectivity index (χ1) is 16.5. The second kappa shape index (κ2) is 10.1. The van der Waals surface area contributed by atoms with Crippen molar-refractivity contribution in [1.29, 1.82) is 0 Å². The molecule has 0 radical (unpaired) electrons. The van der Waals surface area contributed by atoms with Crippen molar-refractivity contribution in [3.05, 3.63) is 62.5 Å². The van der Waals surface area contributed by atoms with E-state index in [0.717, 1.165) is 16.6 Å². The van der Waals surface area contributed by atoms with Gasteiger partial charge < -0.3 is 14.7 Å². The predicted molar refractivity (Wildman–Crippen MR) is 126 cm³/mol. The van der Waals surface area contributed by atoms with Crippen molar-refractivity contribution in [2.24, 2.45) is 4.99 Å². The third kappa shape index (κ3) is 5.25. The number of rotatable bonds is 8. The van der Waals surface area contributed by atoms with Crippen LogP contribution in [0.2, 0.25) is 5.02 Å². The molecule has 1 aromatic carbocycles. The number of thiazole rings is 1. The largest absolute Gasteiger partial charge is 0.364 e. The molecule has 2 aromatic rings. The highest BCUT2D eigenvalue weighted by Gasteiger charge is 2.45.